The van der Waals surface area contributed by atoms with Crippen molar-refractivity contribution in [2.75, 3.05) is 5.32 Å². The molecule has 1 fully saturated rings. The van der Waals surface area contributed by atoms with Gasteiger partial charge >= 0.3 is 6.03 Å². The Balaban J connectivity index is 1.54. The van der Waals surface area contributed by atoms with Gasteiger partial charge in [-0.15, -0.1) is 0 Å². The Hall–Kier alpha value is -3.35. The minimum absolute atomic E-state index is 0.0650. The minimum Gasteiger partial charge on any atom is -0.342 e. The number of carbonyl (C=O) groups is 2. The van der Waals surface area contributed by atoms with Crippen molar-refractivity contribution in [2.24, 2.45) is 5.92 Å². The second kappa shape index (κ2) is 9.20. The molecule has 4 N–H and O–H groups in total. The quantitative estimate of drug-likeness (QED) is 0.544. The van der Waals surface area contributed by atoms with Crippen LogP contribution in [0.4, 0.5) is 10.5 Å². The second-order valence-corrected chi connectivity index (χ2v) is 8.73. The summed E-state index contributed by atoms with van der Waals surface area (Å²) in [6, 6.07) is 15.1. The van der Waals surface area contributed by atoms with Crippen LogP contribution in [0.15, 0.2) is 48.5 Å². The smallest absolute Gasteiger partial charge is 0.319 e. The SMILES string of the molecule is Cc1ccccc1NC(=O)NCc1ccc(CN2C(=N)NC(C)(CC(C)C)C2=O)cc1. The van der Waals surface area contributed by atoms with Crippen molar-refractivity contribution in [3.05, 3.63) is 65.2 Å². The zero-order valence-corrected chi connectivity index (χ0v) is 18.6. The normalized spacial score (nSPS) is 18.3. The van der Waals surface area contributed by atoms with E-state index in [2.05, 4.69) is 29.8 Å². The molecule has 3 amide bonds. The molecule has 1 heterocycles. The molecular weight excluding hydrogens is 390 g/mol. The number of amides is 3. The maximum Gasteiger partial charge on any atom is 0.319 e. The van der Waals surface area contributed by atoms with Crippen molar-refractivity contribution in [1.29, 1.82) is 5.41 Å². The molecule has 1 atom stereocenters. The number of para-hydroxylation sites is 1. The number of hydrogen-bond donors (Lipinski definition) is 4. The van der Waals surface area contributed by atoms with Crippen molar-refractivity contribution in [3.8, 4) is 0 Å². The van der Waals surface area contributed by atoms with Gasteiger partial charge in [0.05, 0.1) is 6.54 Å². The average molecular weight is 422 g/mol. The summed E-state index contributed by atoms with van der Waals surface area (Å²) in [5.74, 6) is 0.431. The highest BCUT2D eigenvalue weighted by Gasteiger charge is 2.45. The zero-order chi connectivity index (χ0) is 22.6. The number of rotatable bonds is 7. The van der Waals surface area contributed by atoms with E-state index in [1.54, 1.807) is 0 Å². The Morgan fingerprint density at radius 2 is 1.77 bits per heavy atom. The van der Waals surface area contributed by atoms with Crippen molar-refractivity contribution in [3.63, 3.8) is 0 Å². The molecule has 1 aliphatic rings. The standard InChI is InChI=1S/C24H31N5O2/c1-16(2)13-24(4)21(30)29(22(25)28-24)15-19-11-9-18(10-12-19)14-26-23(31)27-20-8-6-5-7-17(20)3/h5-12,16H,13-15H2,1-4H3,(H2,25,28)(H2,26,27,31). The number of benzene rings is 2. The van der Waals surface area contributed by atoms with Gasteiger partial charge in [0.25, 0.3) is 5.91 Å². The summed E-state index contributed by atoms with van der Waals surface area (Å²) in [6.45, 7) is 8.69. The minimum atomic E-state index is -0.723. The van der Waals surface area contributed by atoms with Crippen LogP contribution in [0.2, 0.25) is 0 Å². The third-order valence-electron chi connectivity index (χ3n) is 5.41. The number of nitrogens with one attached hydrogen (secondary N) is 4. The van der Waals surface area contributed by atoms with Crippen LogP contribution in [0.1, 0.15) is 43.9 Å². The van der Waals surface area contributed by atoms with Crippen LogP contribution in [-0.2, 0) is 17.9 Å². The fourth-order valence-electron chi connectivity index (χ4n) is 3.89. The highest BCUT2D eigenvalue weighted by atomic mass is 16.2. The van der Waals surface area contributed by atoms with Gasteiger partial charge in [-0.3, -0.25) is 15.1 Å². The predicted molar refractivity (Wildman–Crippen MR) is 123 cm³/mol. The van der Waals surface area contributed by atoms with Crippen molar-refractivity contribution in [1.82, 2.24) is 15.5 Å². The van der Waals surface area contributed by atoms with Crippen LogP contribution in [0.5, 0.6) is 0 Å². The number of aryl methyl sites for hydroxylation is 1. The Kier molecular flexibility index (Phi) is 6.63. The monoisotopic (exact) mass is 421 g/mol. The van der Waals surface area contributed by atoms with E-state index in [4.69, 9.17) is 5.41 Å². The van der Waals surface area contributed by atoms with E-state index >= 15 is 0 Å². The fraction of sp³-hybridized carbons (Fsp3) is 0.375. The molecule has 0 aromatic heterocycles. The number of carbonyl (C=O) groups excluding carboxylic acids is 2. The lowest BCUT2D eigenvalue weighted by Gasteiger charge is -2.24. The molecular formula is C24H31N5O2. The van der Waals surface area contributed by atoms with Gasteiger partial charge in [-0.2, -0.15) is 0 Å². The van der Waals surface area contributed by atoms with Gasteiger partial charge < -0.3 is 16.0 Å². The lowest BCUT2D eigenvalue weighted by Crippen LogP contribution is -2.44. The third kappa shape index (κ3) is 5.42. The number of nitrogens with zero attached hydrogens (tertiary/aromatic N) is 1. The third-order valence-corrected chi connectivity index (χ3v) is 5.41. The Morgan fingerprint density at radius 3 is 2.42 bits per heavy atom. The summed E-state index contributed by atoms with van der Waals surface area (Å²) < 4.78 is 0. The highest BCUT2D eigenvalue weighted by Crippen LogP contribution is 2.26. The molecule has 0 spiro atoms. The molecule has 2 aromatic carbocycles. The number of hydrogen-bond acceptors (Lipinski definition) is 3. The molecule has 1 saturated heterocycles. The molecule has 0 radical (unpaired) electrons. The molecule has 0 bridgehead atoms. The largest absolute Gasteiger partial charge is 0.342 e. The molecule has 1 unspecified atom stereocenters. The van der Waals surface area contributed by atoms with E-state index in [0.717, 1.165) is 22.4 Å². The maximum atomic E-state index is 12.9. The molecule has 0 saturated carbocycles. The first-order valence-corrected chi connectivity index (χ1v) is 10.5. The molecule has 31 heavy (non-hydrogen) atoms. The molecule has 7 heteroatoms. The van der Waals surface area contributed by atoms with Gasteiger partial charge in [0.1, 0.15) is 5.54 Å². The average Bonchev–Trinajstić information content (AvgIpc) is 2.91. The molecule has 3 rings (SSSR count). The highest BCUT2D eigenvalue weighted by molar-refractivity contribution is 6.07. The first-order valence-electron chi connectivity index (χ1n) is 10.5. The van der Waals surface area contributed by atoms with Crippen molar-refractivity contribution >= 4 is 23.6 Å². The summed E-state index contributed by atoms with van der Waals surface area (Å²) in [4.78, 5) is 26.5. The first-order chi connectivity index (χ1) is 14.7. The lowest BCUT2D eigenvalue weighted by molar-refractivity contribution is -0.131. The van der Waals surface area contributed by atoms with Gasteiger partial charge in [0.15, 0.2) is 5.96 Å². The molecule has 2 aromatic rings. The van der Waals surface area contributed by atoms with Gasteiger partial charge in [0, 0.05) is 12.2 Å². The van der Waals surface area contributed by atoms with E-state index in [-0.39, 0.29) is 17.9 Å². The summed E-state index contributed by atoms with van der Waals surface area (Å²) in [7, 11) is 0. The van der Waals surface area contributed by atoms with Gasteiger partial charge in [-0.25, -0.2) is 4.79 Å². The zero-order valence-electron chi connectivity index (χ0n) is 18.6. The van der Waals surface area contributed by atoms with E-state index in [0.29, 0.717) is 25.4 Å². The van der Waals surface area contributed by atoms with Crippen LogP contribution in [0, 0.1) is 18.3 Å². The summed E-state index contributed by atoms with van der Waals surface area (Å²) in [6.07, 6.45) is 0.680. The summed E-state index contributed by atoms with van der Waals surface area (Å²) in [5, 5.41) is 16.9. The van der Waals surface area contributed by atoms with Gasteiger partial charge in [-0.05, 0) is 48.9 Å². The predicted octanol–water partition coefficient (Wildman–Crippen LogP) is 3.99. The number of anilines is 1. The maximum absolute atomic E-state index is 12.9. The lowest BCUT2D eigenvalue weighted by atomic mass is 9.91. The van der Waals surface area contributed by atoms with Crippen LogP contribution >= 0.6 is 0 Å². The van der Waals surface area contributed by atoms with Crippen molar-refractivity contribution < 1.29 is 9.59 Å². The van der Waals surface area contributed by atoms with Crippen molar-refractivity contribution in [2.45, 2.75) is 52.7 Å². The van der Waals surface area contributed by atoms with Crippen LogP contribution < -0.4 is 16.0 Å². The summed E-state index contributed by atoms with van der Waals surface area (Å²) >= 11 is 0. The van der Waals surface area contributed by atoms with Gasteiger partial charge in [-0.1, -0.05) is 56.3 Å². The van der Waals surface area contributed by atoms with E-state index < -0.39 is 5.54 Å². The van der Waals surface area contributed by atoms with Gasteiger partial charge in [0.2, 0.25) is 0 Å². The Labute approximate surface area is 183 Å². The molecule has 7 nitrogen and oxygen atoms in total. The van der Waals surface area contributed by atoms with E-state index in [1.165, 1.54) is 4.90 Å². The fourth-order valence-corrected chi connectivity index (χ4v) is 3.89. The Morgan fingerprint density at radius 1 is 1.13 bits per heavy atom. The van der Waals surface area contributed by atoms with Crippen LogP contribution in [0.3, 0.4) is 0 Å². The Bertz CT molecular complexity index is 970. The molecule has 0 aliphatic carbocycles. The van der Waals surface area contributed by atoms with Crippen LogP contribution in [0.25, 0.3) is 0 Å². The second-order valence-electron chi connectivity index (χ2n) is 8.73. The number of urea groups is 1. The number of guanidine groups is 1. The summed E-state index contributed by atoms with van der Waals surface area (Å²) in [5.41, 5.74) is 2.95. The topological polar surface area (TPSA) is 97.3 Å². The molecule has 1 aliphatic heterocycles. The first kappa shape index (κ1) is 22.3. The molecule has 164 valence electrons. The van der Waals surface area contributed by atoms with E-state index in [1.807, 2.05) is 62.4 Å². The van der Waals surface area contributed by atoms with Crippen LogP contribution in [-0.4, -0.2) is 28.3 Å². The van der Waals surface area contributed by atoms with E-state index in [9.17, 15) is 9.59 Å².